The number of carbonyl (C=O) groups is 5. The average molecular weight is 404 g/mol. The lowest BCUT2D eigenvalue weighted by Gasteiger charge is -2.24. The number of aliphatic carboxylic acids is 2. The lowest BCUT2D eigenvalue weighted by molar-refractivity contribution is -0.140. The number of aliphatic hydroxyl groups is 1. The van der Waals surface area contributed by atoms with E-state index < -0.39 is 67.4 Å². The standard InChI is InChI=1S/C16H28N4O8/c1-8(2)5-11(20-14(26)9(17)7-21)16(28)19-10(3-4-12(22)23)15(27)18-6-13(24)25/h8-11,21H,3-7,17H2,1-2H3,(H,18,27)(H,19,28)(H,20,26)(H,22,23)(H,24,25). The summed E-state index contributed by atoms with van der Waals surface area (Å²) in [5, 5.41) is 33.2. The molecule has 12 heteroatoms. The number of hydrogen-bond acceptors (Lipinski definition) is 7. The fraction of sp³-hybridized carbons (Fsp3) is 0.688. The van der Waals surface area contributed by atoms with Gasteiger partial charge < -0.3 is 37.0 Å². The van der Waals surface area contributed by atoms with Crippen molar-refractivity contribution in [1.29, 1.82) is 0 Å². The molecule has 0 radical (unpaired) electrons. The molecule has 3 unspecified atom stereocenters. The summed E-state index contributed by atoms with van der Waals surface area (Å²) in [5.41, 5.74) is 5.42. The van der Waals surface area contributed by atoms with E-state index in [1.165, 1.54) is 0 Å². The quantitative estimate of drug-likeness (QED) is 0.171. The minimum atomic E-state index is -1.31. The summed E-state index contributed by atoms with van der Waals surface area (Å²) >= 11 is 0. The van der Waals surface area contributed by atoms with E-state index in [1.54, 1.807) is 13.8 Å². The Bertz CT molecular complexity index is 581. The van der Waals surface area contributed by atoms with Crippen molar-refractivity contribution in [2.75, 3.05) is 13.2 Å². The second-order valence-electron chi connectivity index (χ2n) is 6.58. The van der Waals surface area contributed by atoms with Crippen LogP contribution in [0.15, 0.2) is 0 Å². The van der Waals surface area contributed by atoms with Crippen LogP contribution in [0.3, 0.4) is 0 Å². The summed E-state index contributed by atoms with van der Waals surface area (Å²) in [6.45, 7) is 2.26. The van der Waals surface area contributed by atoms with Gasteiger partial charge in [-0.3, -0.25) is 24.0 Å². The van der Waals surface area contributed by atoms with Crippen LogP contribution in [-0.4, -0.2) is 76.3 Å². The molecule has 0 aromatic heterocycles. The van der Waals surface area contributed by atoms with Crippen LogP contribution in [-0.2, 0) is 24.0 Å². The normalized spacial score (nSPS) is 13.9. The van der Waals surface area contributed by atoms with Gasteiger partial charge in [0.25, 0.3) is 0 Å². The van der Waals surface area contributed by atoms with Gasteiger partial charge in [-0.1, -0.05) is 13.8 Å². The topological polar surface area (TPSA) is 208 Å². The number of nitrogens with two attached hydrogens (primary N) is 1. The minimum absolute atomic E-state index is 0.0280. The van der Waals surface area contributed by atoms with Gasteiger partial charge in [0.1, 0.15) is 24.7 Å². The monoisotopic (exact) mass is 404 g/mol. The highest BCUT2D eigenvalue weighted by molar-refractivity contribution is 5.93. The summed E-state index contributed by atoms with van der Waals surface area (Å²) in [6, 6.07) is -3.62. The molecule has 0 fully saturated rings. The molecule has 160 valence electrons. The summed E-state index contributed by atoms with van der Waals surface area (Å²) in [5.74, 6) is -4.92. The number of hydrogen-bond donors (Lipinski definition) is 7. The molecule has 0 spiro atoms. The van der Waals surface area contributed by atoms with Gasteiger partial charge in [0.15, 0.2) is 0 Å². The van der Waals surface area contributed by atoms with Gasteiger partial charge >= 0.3 is 11.9 Å². The Morgan fingerprint density at radius 3 is 1.93 bits per heavy atom. The zero-order chi connectivity index (χ0) is 21.9. The molecule has 12 nitrogen and oxygen atoms in total. The Kier molecular flexibility index (Phi) is 11.4. The zero-order valence-electron chi connectivity index (χ0n) is 15.8. The van der Waals surface area contributed by atoms with Gasteiger partial charge in [0.05, 0.1) is 6.61 Å². The third-order valence-corrected chi connectivity index (χ3v) is 3.57. The molecule has 3 amide bonds. The number of carboxylic acid groups (broad SMARTS) is 2. The number of aliphatic hydroxyl groups excluding tert-OH is 1. The molecule has 0 heterocycles. The van der Waals surface area contributed by atoms with E-state index in [9.17, 15) is 24.0 Å². The number of rotatable bonds is 13. The predicted octanol–water partition coefficient (Wildman–Crippen LogP) is -2.61. The molecule has 0 aromatic rings. The van der Waals surface area contributed by atoms with Gasteiger partial charge in [-0.05, 0) is 18.8 Å². The van der Waals surface area contributed by atoms with E-state index in [4.69, 9.17) is 21.1 Å². The fourth-order valence-corrected chi connectivity index (χ4v) is 2.16. The summed E-state index contributed by atoms with van der Waals surface area (Å²) < 4.78 is 0. The molecule has 0 aliphatic carbocycles. The van der Waals surface area contributed by atoms with Gasteiger partial charge in [-0.15, -0.1) is 0 Å². The summed E-state index contributed by atoms with van der Waals surface area (Å²) in [7, 11) is 0. The number of carboxylic acids is 2. The maximum Gasteiger partial charge on any atom is 0.322 e. The Balaban J connectivity index is 5.23. The second-order valence-corrected chi connectivity index (χ2v) is 6.58. The number of nitrogens with one attached hydrogen (secondary N) is 3. The molecular weight excluding hydrogens is 376 g/mol. The van der Waals surface area contributed by atoms with E-state index in [0.717, 1.165) is 0 Å². The molecule has 0 saturated heterocycles. The predicted molar refractivity (Wildman–Crippen MR) is 95.9 cm³/mol. The molecule has 0 bridgehead atoms. The molecule has 0 aromatic carbocycles. The van der Waals surface area contributed by atoms with Gasteiger partial charge in [-0.2, -0.15) is 0 Å². The largest absolute Gasteiger partial charge is 0.481 e. The van der Waals surface area contributed by atoms with Crippen molar-refractivity contribution in [3.8, 4) is 0 Å². The van der Waals surface area contributed by atoms with Gasteiger partial charge in [0.2, 0.25) is 17.7 Å². The van der Waals surface area contributed by atoms with Crippen LogP contribution in [0, 0.1) is 5.92 Å². The Morgan fingerprint density at radius 1 is 0.893 bits per heavy atom. The smallest absolute Gasteiger partial charge is 0.322 e. The highest BCUT2D eigenvalue weighted by Gasteiger charge is 2.29. The second kappa shape index (κ2) is 12.6. The van der Waals surface area contributed by atoms with Crippen molar-refractivity contribution in [3.05, 3.63) is 0 Å². The van der Waals surface area contributed by atoms with Crippen LogP contribution in [0.1, 0.15) is 33.1 Å². The number of amides is 3. The molecule has 28 heavy (non-hydrogen) atoms. The maximum absolute atomic E-state index is 12.5. The van der Waals surface area contributed by atoms with Crippen molar-refractivity contribution in [2.45, 2.75) is 51.2 Å². The van der Waals surface area contributed by atoms with Crippen molar-refractivity contribution in [1.82, 2.24) is 16.0 Å². The van der Waals surface area contributed by atoms with Gasteiger partial charge in [-0.25, -0.2) is 0 Å². The third-order valence-electron chi connectivity index (χ3n) is 3.57. The molecule has 0 aliphatic rings. The molecule has 8 N–H and O–H groups in total. The molecule has 0 aliphatic heterocycles. The van der Waals surface area contributed by atoms with E-state index in [0.29, 0.717) is 0 Å². The van der Waals surface area contributed by atoms with Gasteiger partial charge in [0, 0.05) is 6.42 Å². The highest BCUT2D eigenvalue weighted by atomic mass is 16.4. The van der Waals surface area contributed by atoms with Crippen LogP contribution in [0.25, 0.3) is 0 Å². The third kappa shape index (κ3) is 10.4. The minimum Gasteiger partial charge on any atom is -0.481 e. The van der Waals surface area contributed by atoms with Crippen LogP contribution in [0.5, 0.6) is 0 Å². The lowest BCUT2D eigenvalue weighted by Crippen LogP contribution is -2.56. The SMILES string of the molecule is CC(C)CC(NC(=O)C(N)CO)C(=O)NC(CCC(=O)O)C(=O)NCC(=O)O. The first-order valence-corrected chi connectivity index (χ1v) is 8.66. The van der Waals surface area contributed by atoms with Crippen LogP contribution in [0.2, 0.25) is 0 Å². The Labute approximate surface area is 161 Å². The first kappa shape index (κ1) is 25.3. The first-order valence-electron chi connectivity index (χ1n) is 8.66. The first-order chi connectivity index (χ1) is 13.0. The maximum atomic E-state index is 12.5. The molecule has 0 saturated carbocycles. The van der Waals surface area contributed by atoms with E-state index in [-0.39, 0.29) is 18.8 Å². The van der Waals surface area contributed by atoms with E-state index in [1.807, 2.05) is 0 Å². The molecular formula is C16H28N4O8. The Hall–Kier alpha value is -2.73. The van der Waals surface area contributed by atoms with Crippen molar-refractivity contribution < 1.29 is 39.3 Å². The lowest BCUT2D eigenvalue weighted by atomic mass is 10.0. The van der Waals surface area contributed by atoms with Crippen LogP contribution in [0.4, 0.5) is 0 Å². The average Bonchev–Trinajstić information content (AvgIpc) is 2.60. The van der Waals surface area contributed by atoms with Crippen molar-refractivity contribution in [2.24, 2.45) is 11.7 Å². The van der Waals surface area contributed by atoms with Crippen molar-refractivity contribution >= 4 is 29.7 Å². The van der Waals surface area contributed by atoms with Crippen LogP contribution < -0.4 is 21.7 Å². The van der Waals surface area contributed by atoms with Crippen molar-refractivity contribution in [3.63, 3.8) is 0 Å². The number of carbonyl (C=O) groups excluding carboxylic acids is 3. The summed E-state index contributed by atoms with van der Waals surface area (Å²) in [4.78, 5) is 57.9. The zero-order valence-corrected chi connectivity index (χ0v) is 15.8. The van der Waals surface area contributed by atoms with E-state index in [2.05, 4.69) is 16.0 Å². The molecule has 3 atom stereocenters. The summed E-state index contributed by atoms with van der Waals surface area (Å²) in [6.07, 6.45) is -0.523. The van der Waals surface area contributed by atoms with Crippen LogP contribution >= 0.6 is 0 Å². The van der Waals surface area contributed by atoms with E-state index >= 15 is 0 Å². The fourth-order valence-electron chi connectivity index (χ4n) is 2.16. The molecule has 0 rings (SSSR count). The highest BCUT2D eigenvalue weighted by Crippen LogP contribution is 2.07. The Morgan fingerprint density at radius 2 is 1.46 bits per heavy atom.